The second-order valence-corrected chi connectivity index (χ2v) is 9.24. The van der Waals surface area contributed by atoms with Crippen LogP contribution in [0.2, 0.25) is 0 Å². The number of nitrogens with zero attached hydrogens (tertiary/aromatic N) is 3. The predicted molar refractivity (Wildman–Crippen MR) is 121 cm³/mol. The number of fused-ring (bicyclic) bond motifs is 1. The van der Waals surface area contributed by atoms with E-state index in [1.165, 1.54) is 25.7 Å². The zero-order chi connectivity index (χ0) is 21.8. The summed E-state index contributed by atoms with van der Waals surface area (Å²) in [6, 6.07) is 8.10. The van der Waals surface area contributed by atoms with Crippen molar-refractivity contribution in [2.24, 2.45) is 5.92 Å². The monoisotopic (exact) mass is 436 g/mol. The number of nitrogens with one attached hydrogen (secondary N) is 1. The lowest BCUT2D eigenvalue weighted by atomic mass is 9.97. The molecule has 1 unspecified atom stereocenters. The van der Waals surface area contributed by atoms with Crippen molar-refractivity contribution >= 4 is 16.8 Å². The number of para-hydroxylation sites is 1. The summed E-state index contributed by atoms with van der Waals surface area (Å²) in [5.74, 6) is 2.34. The highest BCUT2D eigenvalue weighted by Gasteiger charge is 2.29. The molecule has 170 valence electrons. The third-order valence-electron chi connectivity index (χ3n) is 6.92. The maximum absolute atomic E-state index is 13.0. The van der Waals surface area contributed by atoms with Crippen molar-refractivity contribution in [1.82, 2.24) is 20.0 Å². The Bertz CT molecular complexity index is 1040. The Morgan fingerprint density at radius 2 is 2.06 bits per heavy atom. The number of carbonyl (C=O) groups is 1. The van der Waals surface area contributed by atoms with Crippen LogP contribution in [0.4, 0.5) is 0 Å². The summed E-state index contributed by atoms with van der Waals surface area (Å²) in [5, 5.41) is 5.27. The molecule has 3 heterocycles. The molecule has 1 aromatic carbocycles. The van der Waals surface area contributed by atoms with Crippen molar-refractivity contribution in [3.05, 3.63) is 47.7 Å². The first kappa shape index (κ1) is 21.2. The van der Waals surface area contributed by atoms with Gasteiger partial charge in [0.05, 0.1) is 18.9 Å². The third kappa shape index (κ3) is 4.88. The summed E-state index contributed by atoms with van der Waals surface area (Å²) >= 11 is 0. The van der Waals surface area contributed by atoms with Crippen LogP contribution >= 0.6 is 0 Å². The number of H-pyrrole nitrogens is 1. The molecule has 0 spiro atoms. The van der Waals surface area contributed by atoms with E-state index >= 15 is 0 Å². The number of benzene rings is 1. The van der Waals surface area contributed by atoms with Gasteiger partial charge in [-0.3, -0.25) is 4.79 Å². The quantitative estimate of drug-likeness (QED) is 0.534. The van der Waals surface area contributed by atoms with Crippen LogP contribution in [-0.4, -0.2) is 52.2 Å². The molecule has 2 aliphatic rings. The molecule has 7 nitrogen and oxygen atoms in total. The Morgan fingerprint density at radius 1 is 1.19 bits per heavy atom. The fourth-order valence-corrected chi connectivity index (χ4v) is 5.08. The minimum absolute atomic E-state index is 0.108. The first-order valence-electron chi connectivity index (χ1n) is 12.0. The number of ether oxygens (including phenoxy) is 1. The number of aromatic amines is 1. The molecule has 2 fully saturated rings. The smallest absolute Gasteiger partial charge is 0.231 e. The normalized spacial score (nSPS) is 19.8. The molecule has 1 N–H and O–H groups in total. The fourth-order valence-electron chi connectivity index (χ4n) is 5.08. The van der Waals surface area contributed by atoms with Gasteiger partial charge in [0.1, 0.15) is 0 Å². The van der Waals surface area contributed by atoms with Crippen LogP contribution in [-0.2, 0) is 22.4 Å². The average Bonchev–Trinajstić information content (AvgIpc) is 3.59. The van der Waals surface area contributed by atoms with Crippen LogP contribution in [0.25, 0.3) is 10.9 Å². The van der Waals surface area contributed by atoms with Crippen LogP contribution in [0.5, 0.6) is 0 Å². The van der Waals surface area contributed by atoms with Gasteiger partial charge in [-0.1, -0.05) is 36.2 Å². The molecule has 1 saturated heterocycles. The number of carbonyl (C=O) groups excluding carboxylic acids is 1. The van der Waals surface area contributed by atoms with Gasteiger partial charge in [-0.05, 0) is 43.2 Å². The number of amides is 1. The fraction of sp³-hybridized carbons (Fsp3) is 0.560. The van der Waals surface area contributed by atoms with Crippen molar-refractivity contribution in [2.45, 2.75) is 57.3 Å². The van der Waals surface area contributed by atoms with Gasteiger partial charge in [-0.15, -0.1) is 0 Å². The van der Waals surface area contributed by atoms with E-state index in [0.717, 1.165) is 48.4 Å². The minimum Gasteiger partial charge on any atom is -0.381 e. The van der Waals surface area contributed by atoms with Gasteiger partial charge < -0.3 is 19.1 Å². The SMILES string of the molecule is O=C(Cc1c[nH]c2ccccc12)N1CCCC(c2nc(CCOCC3CCCC3)no2)C1. The molecule has 0 radical (unpaired) electrons. The van der Waals surface area contributed by atoms with E-state index in [4.69, 9.17) is 9.26 Å². The number of hydrogen-bond acceptors (Lipinski definition) is 5. The third-order valence-corrected chi connectivity index (χ3v) is 6.92. The lowest BCUT2D eigenvalue weighted by Crippen LogP contribution is -2.40. The molecule has 7 heteroatoms. The van der Waals surface area contributed by atoms with Crippen molar-refractivity contribution in [3.63, 3.8) is 0 Å². The van der Waals surface area contributed by atoms with Gasteiger partial charge in [-0.25, -0.2) is 0 Å². The maximum atomic E-state index is 13.0. The van der Waals surface area contributed by atoms with Gasteiger partial charge in [0.25, 0.3) is 0 Å². The molecule has 32 heavy (non-hydrogen) atoms. The molecule has 1 aliphatic heterocycles. The molecule has 5 rings (SSSR count). The molecule has 0 bridgehead atoms. The van der Waals surface area contributed by atoms with E-state index in [-0.39, 0.29) is 11.8 Å². The Labute approximate surface area is 188 Å². The largest absolute Gasteiger partial charge is 0.381 e. The lowest BCUT2D eigenvalue weighted by molar-refractivity contribution is -0.131. The van der Waals surface area contributed by atoms with E-state index in [0.29, 0.717) is 37.7 Å². The van der Waals surface area contributed by atoms with Crippen LogP contribution in [0.3, 0.4) is 0 Å². The average molecular weight is 437 g/mol. The second kappa shape index (κ2) is 9.86. The van der Waals surface area contributed by atoms with E-state index < -0.39 is 0 Å². The van der Waals surface area contributed by atoms with Crippen molar-refractivity contribution in [1.29, 1.82) is 0 Å². The van der Waals surface area contributed by atoms with Crippen molar-refractivity contribution in [2.75, 3.05) is 26.3 Å². The van der Waals surface area contributed by atoms with Gasteiger partial charge in [0.2, 0.25) is 11.8 Å². The molecule has 1 saturated carbocycles. The summed E-state index contributed by atoms with van der Waals surface area (Å²) in [5.41, 5.74) is 2.11. The van der Waals surface area contributed by atoms with Crippen LogP contribution < -0.4 is 0 Å². The van der Waals surface area contributed by atoms with E-state index in [9.17, 15) is 4.79 Å². The zero-order valence-electron chi connectivity index (χ0n) is 18.6. The van der Waals surface area contributed by atoms with E-state index in [2.05, 4.69) is 21.2 Å². The molecule has 2 aromatic heterocycles. The first-order chi connectivity index (χ1) is 15.8. The molecular weight excluding hydrogens is 404 g/mol. The van der Waals surface area contributed by atoms with Crippen molar-refractivity contribution in [3.8, 4) is 0 Å². The van der Waals surface area contributed by atoms with E-state index in [1.54, 1.807) is 0 Å². The summed E-state index contributed by atoms with van der Waals surface area (Å²) in [6.07, 6.45) is 10.2. The Balaban J connectivity index is 1.13. The van der Waals surface area contributed by atoms with Gasteiger partial charge in [-0.2, -0.15) is 4.98 Å². The molecule has 1 amide bonds. The molecule has 1 aliphatic carbocycles. The summed E-state index contributed by atoms with van der Waals surface area (Å²) < 4.78 is 11.4. The second-order valence-electron chi connectivity index (χ2n) is 9.24. The van der Waals surface area contributed by atoms with E-state index in [1.807, 2.05) is 29.3 Å². The Kier molecular flexibility index (Phi) is 6.53. The zero-order valence-corrected chi connectivity index (χ0v) is 18.6. The maximum Gasteiger partial charge on any atom is 0.231 e. The number of likely N-dealkylation sites (tertiary alicyclic amines) is 1. The lowest BCUT2D eigenvalue weighted by Gasteiger charge is -2.31. The summed E-state index contributed by atoms with van der Waals surface area (Å²) in [4.78, 5) is 22.8. The summed E-state index contributed by atoms with van der Waals surface area (Å²) in [7, 11) is 0. The van der Waals surface area contributed by atoms with Gasteiger partial charge in [0, 0.05) is 43.2 Å². The number of piperidine rings is 1. The number of rotatable bonds is 8. The predicted octanol–water partition coefficient (Wildman–Crippen LogP) is 4.25. The van der Waals surface area contributed by atoms with Crippen LogP contribution in [0.1, 0.15) is 61.7 Å². The molecule has 1 atom stereocenters. The van der Waals surface area contributed by atoms with Crippen LogP contribution in [0.15, 0.2) is 35.0 Å². The standard InChI is InChI=1S/C25H32N4O3/c30-24(14-20-15-26-22-10-4-3-9-21(20)22)29-12-5-8-19(16-29)25-27-23(28-32-25)11-13-31-17-18-6-1-2-7-18/h3-4,9-10,15,18-19,26H,1-2,5-8,11-14,16-17H2. The van der Waals surface area contributed by atoms with Crippen LogP contribution in [0, 0.1) is 5.92 Å². The van der Waals surface area contributed by atoms with Gasteiger partial charge >= 0.3 is 0 Å². The minimum atomic E-state index is 0.108. The molecule has 3 aromatic rings. The van der Waals surface area contributed by atoms with Gasteiger partial charge in [0.15, 0.2) is 5.82 Å². The summed E-state index contributed by atoms with van der Waals surface area (Å²) in [6.45, 7) is 2.91. The highest BCUT2D eigenvalue weighted by Crippen LogP contribution is 2.27. The number of aromatic nitrogens is 3. The number of hydrogen-bond donors (Lipinski definition) is 1. The molecular formula is C25H32N4O3. The van der Waals surface area contributed by atoms with Crippen molar-refractivity contribution < 1.29 is 14.1 Å². The Morgan fingerprint density at radius 3 is 2.97 bits per heavy atom. The Hall–Kier alpha value is -2.67. The first-order valence-corrected chi connectivity index (χ1v) is 12.0. The highest BCUT2D eigenvalue weighted by atomic mass is 16.5. The topological polar surface area (TPSA) is 84.2 Å². The highest BCUT2D eigenvalue weighted by molar-refractivity contribution is 5.88.